The summed E-state index contributed by atoms with van der Waals surface area (Å²) in [5.41, 5.74) is 3.57. The molecule has 0 unspecified atom stereocenters. The SMILES string of the molecule is Cc1nn(C)cc1CN(C)C(=O)c1ccc(Cn2nc(C)c(Cl)c2C)o1. The maximum atomic E-state index is 12.6. The van der Waals surface area contributed by atoms with Crippen LogP contribution in [0.25, 0.3) is 0 Å². The lowest BCUT2D eigenvalue weighted by molar-refractivity contribution is 0.0751. The maximum Gasteiger partial charge on any atom is 0.289 e. The van der Waals surface area contributed by atoms with Crippen molar-refractivity contribution in [3.63, 3.8) is 0 Å². The molecule has 0 aliphatic rings. The molecule has 0 aromatic carbocycles. The lowest BCUT2D eigenvalue weighted by atomic mass is 10.2. The van der Waals surface area contributed by atoms with Crippen molar-refractivity contribution in [1.82, 2.24) is 24.5 Å². The van der Waals surface area contributed by atoms with Gasteiger partial charge in [-0.05, 0) is 32.9 Å². The summed E-state index contributed by atoms with van der Waals surface area (Å²) in [6, 6.07) is 3.48. The van der Waals surface area contributed by atoms with E-state index in [9.17, 15) is 4.79 Å². The van der Waals surface area contributed by atoms with Gasteiger partial charge in [-0.1, -0.05) is 11.6 Å². The summed E-state index contributed by atoms with van der Waals surface area (Å²) in [5.74, 6) is 0.782. The third-order valence-corrected chi connectivity index (χ3v) is 4.89. The van der Waals surface area contributed by atoms with Gasteiger partial charge in [0.05, 0.1) is 28.6 Å². The van der Waals surface area contributed by atoms with E-state index in [4.69, 9.17) is 16.0 Å². The second-order valence-electron chi connectivity index (χ2n) is 6.48. The lowest BCUT2D eigenvalue weighted by Crippen LogP contribution is -2.26. The van der Waals surface area contributed by atoms with Gasteiger partial charge in [0.25, 0.3) is 5.91 Å². The molecule has 3 aromatic heterocycles. The fraction of sp³-hybridized carbons (Fsp3) is 0.389. The summed E-state index contributed by atoms with van der Waals surface area (Å²) >= 11 is 6.17. The molecule has 0 saturated carbocycles. The van der Waals surface area contributed by atoms with Gasteiger partial charge in [-0.15, -0.1) is 0 Å². The van der Waals surface area contributed by atoms with Crippen molar-refractivity contribution >= 4 is 17.5 Å². The molecule has 0 aliphatic heterocycles. The summed E-state index contributed by atoms with van der Waals surface area (Å²) in [7, 11) is 3.61. The molecule has 138 valence electrons. The number of amides is 1. The van der Waals surface area contributed by atoms with E-state index in [1.807, 2.05) is 34.0 Å². The Kier molecular flexibility index (Phi) is 4.91. The number of aromatic nitrogens is 4. The first-order valence-electron chi connectivity index (χ1n) is 8.29. The van der Waals surface area contributed by atoms with Crippen LogP contribution in [-0.2, 0) is 20.1 Å². The predicted octanol–water partition coefficient (Wildman–Crippen LogP) is 3.11. The maximum absolute atomic E-state index is 12.6. The Balaban J connectivity index is 1.71. The van der Waals surface area contributed by atoms with Gasteiger partial charge in [-0.25, -0.2) is 0 Å². The zero-order valence-corrected chi connectivity index (χ0v) is 16.3. The smallest absolute Gasteiger partial charge is 0.289 e. The van der Waals surface area contributed by atoms with Crippen molar-refractivity contribution in [2.24, 2.45) is 7.05 Å². The molecule has 3 aromatic rings. The summed E-state index contributed by atoms with van der Waals surface area (Å²) in [6.45, 7) is 6.59. The number of carbonyl (C=O) groups excluding carboxylic acids is 1. The minimum Gasteiger partial charge on any atom is -0.454 e. The van der Waals surface area contributed by atoms with Gasteiger partial charge in [0.15, 0.2) is 5.76 Å². The Bertz CT molecular complexity index is 953. The first-order valence-corrected chi connectivity index (χ1v) is 8.67. The van der Waals surface area contributed by atoms with Crippen LogP contribution in [0.3, 0.4) is 0 Å². The van der Waals surface area contributed by atoms with Crippen LogP contribution in [0.15, 0.2) is 22.7 Å². The molecule has 0 atom stereocenters. The average molecular weight is 376 g/mol. The molecular formula is C18H22ClN5O2. The molecule has 26 heavy (non-hydrogen) atoms. The lowest BCUT2D eigenvalue weighted by Gasteiger charge is -2.15. The minimum absolute atomic E-state index is 0.175. The van der Waals surface area contributed by atoms with Crippen molar-refractivity contribution < 1.29 is 9.21 Å². The first-order chi connectivity index (χ1) is 12.3. The van der Waals surface area contributed by atoms with Gasteiger partial charge >= 0.3 is 0 Å². The zero-order chi connectivity index (χ0) is 19.0. The van der Waals surface area contributed by atoms with Crippen molar-refractivity contribution in [3.05, 3.63) is 57.5 Å². The van der Waals surface area contributed by atoms with Crippen LogP contribution in [0, 0.1) is 20.8 Å². The topological polar surface area (TPSA) is 69.1 Å². The molecule has 3 rings (SSSR count). The molecule has 0 saturated heterocycles. The molecule has 0 bridgehead atoms. The average Bonchev–Trinajstić information content (AvgIpc) is 3.24. The molecule has 3 heterocycles. The van der Waals surface area contributed by atoms with Gasteiger partial charge in [0.1, 0.15) is 5.76 Å². The number of halogens is 1. The van der Waals surface area contributed by atoms with Gasteiger partial charge in [-0.2, -0.15) is 10.2 Å². The second kappa shape index (κ2) is 6.99. The molecule has 1 amide bonds. The normalized spacial score (nSPS) is 11.2. The fourth-order valence-electron chi connectivity index (χ4n) is 2.87. The highest BCUT2D eigenvalue weighted by atomic mass is 35.5. The molecule has 7 nitrogen and oxygen atoms in total. The van der Waals surface area contributed by atoms with E-state index in [-0.39, 0.29) is 5.91 Å². The second-order valence-corrected chi connectivity index (χ2v) is 6.86. The van der Waals surface area contributed by atoms with Crippen LogP contribution in [-0.4, -0.2) is 37.4 Å². The largest absolute Gasteiger partial charge is 0.454 e. The standard InChI is InChI=1S/C18H22ClN5O2/c1-11-14(9-23(5)20-11)8-22(4)18(25)16-7-6-15(26-16)10-24-13(3)17(19)12(2)21-24/h6-7,9H,8,10H2,1-5H3. The van der Waals surface area contributed by atoms with E-state index in [2.05, 4.69) is 10.2 Å². The quantitative estimate of drug-likeness (QED) is 0.687. The Morgan fingerprint density at radius 1 is 1.23 bits per heavy atom. The van der Waals surface area contributed by atoms with Crippen LogP contribution >= 0.6 is 11.6 Å². The van der Waals surface area contributed by atoms with E-state index < -0.39 is 0 Å². The van der Waals surface area contributed by atoms with Crippen LogP contribution < -0.4 is 0 Å². The highest BCUT2D eigenvalue weighted by Crippen LogP contribution is 2.21. The van der Waals surface area contributed by atoms with Gasteiger partial charge in [0, 0.05) is 32.4 Å². The highest BCUT2D eigenvalue weighted by molar-refractivity contribution is 6.31. The number of furan rings is 1. The Morgan fingerprint density at radius 3 is 2.54 bits per heavy atom. The molecule has 0 N–H and O–H groups in total. The molecule has 0 fully saturated rings. The first kappa shape index (κ1) is 18.3. The van der Waals surface area contributed by atoms with Crippen molar-refractivity contribution in [2.45, 2.75) is 33.9 Å². The number of hydrogen-bond acceptors (Lipinski definition) is 4. The third kappa shape index (κ3) is 3.53. The monoisotopic (exact) mass is 375 g/mol. The van der Waals surface area contributed by atoms with Crippen molar-refractivity contribution in [3.8, 4) is 0 Å². The Hall–Kier alpha value is -2.54. The van der Waals surface area contributed by atoms with Gasteiger partial charge in [-0.3, -0.25) is 14.2 Å². The van der Waals surface area contributed by atoms with Crippen LogP contribution in [0.5, 0.6) is 0 Å². The molecule has 0 spiro atoms. The van der Waals surface area contributed by atoms with E-state index in [0.29, 0.717) is 29.6 Å². The summed E-state index contributed by atoms with van der Waals surface area (Å²) in [6.07, 6.45) is 1.92. The minimum atomic E-state index is -0.175. The molecular weight excluding hydrogens is 354 g/mol. The predicted molar refractivity (Wildman–Crippen MR) is 98.3 cm³/mol. The van der Waals surface area contributed by atoms with Gasteiger partial charge in [0.2, 0.25) is 0 Å². The summed E-state index contributed by atoms with van der Waals surface area (Å²) in [4.78, 5) is 14.2. The number of aryl methyl sites for hydroxylation is 3. The molecule has 8 heteroatoms. The molecule has 0 radical (unpaired) electrons. The van der Waals surface area contributed by atoms with E-state index in [1.165, 1.54) is 0 Å². The van der Waals surface area contributed by atoms with Crippen LogP contribution in [0.1, 0.15) is 39.0 Å². The van der Waals surface area contributed by atoms with E-state index >= 15 is 0 Å². The summed E-state index contributed by atoms with van der Waals surface area (Å²) in [5, 5.41) is 9.33. The Labute approximate surface area is 157 Å². The van der Waals surface area contributed by atoms with Crippen molar-refractivity contribution in [1.29, 1.82) is 0 Å². The highest BCUT2D eigenvalue weighted by Gasteiger charge is 2.19. The number of hydrogen-bond donors (Lipinski definition) is 0. The number of carbonyl (C=O) groups is 1. The van der Waals surface area contributed by atoms with Crippen molar-refractivity contribution in [2.75, 3.05) is 7.05 Å². The van der Waals surface area contributed by atoms with E-state index in [0.717, 1.165) is 22.6 Å². The fourth-order valence-corrected chi connectivity index (χ4v) is 3.01. The van der Waals surface area contributed by atoms with Gasteiger partial charge < -0.3 is 9.32 Å². The Morgan fingerprint density at radius 2 is 1.96 bits per heavy atom. The third-order valence-electron chi connectivity index (χ3n) is 4.34. The van der Waals surface area contributed by atoms with Crippen LogP contribution in [0.2, 0.25) is 5.02 Å². The van der Waals surface area contributed by atoms with E-state index in [1.54, 1.807) is 33.4 Å². The summed E-state index contributed by atoms with van der Waals surface area (Å²) < 4.78 is 9.25. The number of nitrogens with zero attached hydrogens (tertiary/aromatic N) is 5. The number of rotatable bonds is 5. The zero-order valence-electron chi connectivity index (χ0n) is 15.6. The van der Waals surface area contributed by atoms with Crippen LogP contribution in [0.4, 0.5) is 0 Å². The molecule has 0 aliphatic carbocycles.